The Morgan fingerprint density at radius 1 is 1.75 bits per heavy atom. The minimum Gasteiger partial charge on any atom is -0.316 e. The van der Waals surface area contributed by atoms with E-state index in [1.807, 2.05) is 6.20 Å². The predicted molar refractivity (Wildman–Crippen MR) is 51.8 cm³/mol. The summed E-state index contributed by atoms with van der Waals surface area (Å²) in [6.45, 7) is 2.31. The molecule has 1 aliphatic rings. The van der Waals surface area contributed by atoms with E-state index in [2.05, 4.69) is 10.3 Å². The second-order valence-electron chi connectivity index (χ2n) is 3.14. The van der Waals surface area contributed by atoms with Gasteiger partial charge in [-0.2, -0.15) is 0 Å². The molecule has 2 rings (SSSR count). The van der Waals surface area contributed by atoms with Crippen LogP contribution in [0, 0.1) is 5.92 Å². The highest BCUT2D eigenvalue weighted by Gasteiger charge is 2.15. The number of halogens is 1. The molecule has 0 aromatic carbocycles. The number of aromatic nitrogens is 1. The molecule has 1 aliphatic heterocycles. The van der Waals surface area contributed by atoms with Crippen molar-refractivity contribution in [1.82, 2.24) is 10.3 Å². The summed E-state index contributed by atoms with van der Waals surface area (Å²) >= 11 is 7.34. The van der Waals surface area contributed by atoms with Gasteiger partial charge in [0, 0.05) is 11.1 Å². The first-order valence-electron chi connectivity index (χ1n) is 4.15. The lowest BCUT2D eigenvalue weighted by atomic mass is 10.0. The average molecular weight is 203 g/mol. The van der Waals surface area contributed by atoms with Gasteiger partial charge in [0.25, 0.3) is 0 Å². The monoisotopic (exact) mass is 202 g/mol. The quantitative estimate of drug-likeness (QED) is 0.793. The Morgan fingerprint density at radius 2 is 2.67 bits per heavy atom. The van der Waals surface area contributed by atoms with Crippen LogP contribution in [0.3, 0.4) is 0 Å². The predicted octanol–water partition coefficient (Wildman–Crippen LogP) is 1.95. The standard InChI is InChI=1S/C8H11ClN2S/c9-8-11-5-7(12-8)3-6-1-2-10-4-6/h5-6,10H,1-4H2. The summed E-state index contributed by atoms with van der Waals surface area (Å²) < 4.78 is 0.663. The fourth-order valence-electron chi connectivity index (χ4n) is 1.55. The summed E-state index contributed by atoms with van der Waals surface area (Å²) in [5.74, 6) is 0.793. The van der Waals surface area contributed by atoms with Gasteiger partial charge >= 0.3 is 0 Å². The van der Waals surface area contributed by atoms with E-state index in [1.165, 1.54) is 11.3 Å². The molecule has 0 spiro atoms. The second-order valence-corrected chi connectivity index (χ2v) is 4.84. The van der Waals surface area contributed by atoms with Crippen molar-refractivity contribution < 1.29 is 0 Å². The van der Waals surface area contributed by atoms with Gasteiger partial charge in [-0.25, -0.2) is 4.98 Å². The van der Waals surface area contributed by atoms with Crippen molar-refractivity contribution in [3.05, 3.63) is 15.5 Å². The Bertz CT molecular complexity index is 255. The molecule has 1 unspecified atom stereocenters. The highest BCUT2D eigenvalue weighted by molar-refractivity contribution is 7.15. The Kier molecular flexibility index (Phi) is 2.63. The van der Waals surface area contributed by atoms with Crippen LogP contribution in [-0.2, 0) is 6.42 Å². The molecule has 1 fully saturated rings. The van der Waals surface area contributed by atoms with Gasteiger partial charge in [-0.3, -0.25) is 0 Å². The highest BCUT2D eigenvalue weighted by Crippen LogP contribution is 2.22. The van der Waals surface area contributed by atoms with E-state index in [1.54, 1.807) is 11.3 Å². The van der Waals surface area contributed by atoms with Crippen LogP contribution in [0.5, 0.6) is 0 Å². The Morgan fingerprint density at radius 3 is 3.25 bits per heavy atom. The molecule has 2 nitrogen and oxygen atoms in total. The highest BCUT2D eigenvalue weighted by atomic mass is 35.5. The minimum atomic E-state index is 0.663. The first-order chi connectivity index (χ1) is 5.84. The van der Waals surface area contributed by atoms with E-state index in [4.69, 9.17) is 11.6 Å². The van der Waals surface area contributed by atoms with Gasteiger partial charge in [0.1, 0.15) is 0 Å². The van der Waals surface area contributed by atoms with E-state index >= 15 is 0 Å². The zero-order chi connectivity index (χ0) is 8.39. The third-order valence-corrected chi connectivity index (χ3v) is 3.31. The van der Waals surface area contributed by atoms with Crippen molar-refractivity contribution in [2.45, 2.75) is 12.8 Å². The van der Waals surface area contributed by atoms with Gasteiger partial charge in [0.15, 0.2) is 4.47 Å². The number of hydrogen-bond donors (Lipinski definition) is 1. The Hall–Kier alpha value is -0.120. The normalized spacial score (nSPS) is 23.2. The number of hydrogen-bond acceptors (Lipinski definition) is 3. The summed E-state index contributed by atoms with van der Waals surface area (Å²) in [6.07, 6.45) is 4.32. The van der Waals surface area contributed by atoms with Crippen molar-refractivity contribution in [3.8, 4) is 0 Å². The first-order valence-corrected chi connectivity index (χ1v) is 5.35. The van der Waals surface area contributed by atoms with Crippen LogP contribution < -0.4 is 5.32 Å². The molecule has 1 saturated heterocycles. The van der Waals surface area contributed by atoms with Crippen LogP contribution in [0.15, 0.2) is 6.20 Å². The molecule has 0 radical (unpaired) electrons. The van der Waals surface area contributed by atoms with Crippen LogP contribution in [0.1, 0.15) is 11.3 Å². The van der Waals surface area contributed by atoms with Crippen molar-refractivity contribution in [2.75, 3.05) is 13.1 Å². The molecule has 2 heterocycles. The van der Waals surface area contributed by atoms with Crippen LogP contribution in [-0.4, -0.2) is 18.1 Å². The third kappa shape index (κ3) is 1.97. The molecule has 1 atom stereocenters. The Labute approximate surface area is 81.0 Å². The van der Waals surface area contributed by atoms with E-state index < -0.39 is 0 Å². The maximum Gasteiger partial charge on any atom is 0.183 e. The average Bonchev–Trinajstić information content (AvgIpc) is 2.63. The minimum absolute atomic E-state index is 0.663. The van der Waals surface area contributed by atoms with E-state index in [-0.39, 0.29) is 0 Å². The van der Waals surface area contributed by atoms with Gasteiger partial charge in [0.2, 0.25) is 0 Å². The fourth-order valence-corrected chi connectivity index (χ4v) is 2.64. The largest absolute Gasteiger partial charge is 0.316 e. The topological polar surface area (TPSA) is 24.9 Å². The van der Waals surface area contributed by atoms with E-state index in [0.717, 1.165) is 25.4 Å². The summed E-state index contributed by atoms with van der Waals surface area (Å²) in [4.78, 5) is 5.34. The molecule has 1 aromatic heterocycles. The molecule has 1 N–H and O–H groups in total. The zero-order valence-electron chi connectivity index (χ0n) is 6.72. The lowest BCUT2D eigenvalue weighted by Crippen LogP contribution is -2.10. The molecule has 0 aliphatic carbocycles. The molecule has 1 aromatic rings. The van der Waals surface area contributed by atoms with Gasteiger partial charge in [-0.15, -0.1) is 11.3 Å². The van der Waals surface area contributed by atoms with Crippen LogP contribution >= 0.6 is 22.9 Å². The molecule has 4 heteroatoms. The van der Waals surface area contributed by atoms with E-state index in [0.29, 0.717) is 4.47 Å². The van der Waals surface area contributed by atoms with Gasteiger partial charge in [0.05, 0.1) is 0 Å². The van der Waals surface area contributed by atoms with Crippen LogP contribution in [0.2, 0.25) is 4.47 Å². The lowest BCUT2D eigenvalue weighted by molar-refractivity contribution is 0.585. The van der Waals surface area contributed by atoms with Crippen molar-refractivity contribution in [3.63, 3.8) is 0 Å². The fraction of sp³-hybridized carbons (Fsp3) is 0.625. The number of nitrogens with zero attached hydrogens (tertiary/aromatic N) is 1. The summed E-state index contributed by atoms with van der Waals surface area (Å²) in [7, 11) is 0. The summed E-state index contributed by atoms with van der Waals surface area (Å²) in [5.41, 5.74) is 0. The van der Waals surface area contributed by atoms with Gasteiger partial charge in [-0.1, -0.05) is 11.6 Å². The molecule has 0 amide bonds. The van der Waals surface area contributed by atoms with Gasteiger partial charge < -0.3 is 5.32 Å². The number of thiazole rings is 1. The second kappa shape index (κ2) is 3.73. The maximum atomic E-state index is 5.74. The van der Waals surface area contributed by atoms with E-state index in [9.17, 15) is 0 Å². The van der Waals surface area contributed by atoms with Gasteiger partial charge in [-0.05, 0) is 31.8 Å². The third-order valence-electron chi connectivity index (χ3n) is 2.18. The molecule has 66 valence electrons. The number of rotatable bonds is 2. The van der Waals surface area contributed by atoms with Crippen molar-refractivity contribution in [1.29, 1.82) is 0 Å². The molecular formula is C8H11ClN2S. The summed E-state index contributed by atoms with van der Waals surface area (Å²) in [6, 6.07) is 0. The number of nitrogens with one attached hydrogen (secondary N) is 1. The Balaban J connectivity index is 1.94. The van der Waals surface area contributed by atoms with Crippen LogP contribution in [0.25, 0.3) is 0 Å². The smallest absolute Gasteiger partial charge is 0.183 e. The van der Waals surface area contributed by atoms with Crippen molar-refractivity contribution in [2.24, 2.45) is 5.92 Å². The molecule has 12 heavy (non-hydrogen) atoms. The maximum absolute atomic E-state index is 5.74. The zero-order valence-corrected chi connectivity index (χ0v) is 8.29. The summed E-state index contributed by atoms with van der Waals surface area (Å²) in [5, 5.41) is 3.35. The first kappa shape index (κ1) is 8.48. The lowest BCUT2D eigenvalue weighted by Gasteiger charge is -2.03. The molecular weight excluding hydrogens is 192 g/mol. The SMILES string of the molecule is Clc1ncc(CC2CCNC2)s1. The molecule has 0 saturated carbocycles. The van der Waals surface area contributed by atoms with Crippen LogP contribution in [0.4, 0.5) is 0 Å². The molecule has 0 bridgehead atoms. The van der Waals surface area contributed by atoms with Crippen molar-refractivity contribution >= 4 is 22.9 Å².